The molecule has 6 nitrogen and oxygen atoms in total. The molecule has 1 fully saturated rings. The third-order valence-corrected chi connectivity index (χ3v) is 5.11. The van der Waals surface area contributed by atoms with Crippen LogP contribution in [0.25, 0.3) is 0 Å². The molecule has 0 aliphatic carbocycles. The molecule has 0 spiro atoms. The van der Waals surface area contributed by atoms with E-state index in [0.29, 0.717) is 27.0 Å². The predicted molar refractivity (Wildman–Crippen MR) is 116 cm³/mol. The van der Waals surface area contributed by atoms with E-state index in [-0.39, 0.29) is 17.3 Å². The van der Waals surface area contributed by atoms with Gasteiger partial charge in [0.1, 0.15) is 11.4 Å². The van der Waals surface area contributed by atoms with Gasteiger partial charge in [0.25, 0.3) is 6.47 Å². The van der Waals surface area contributed by atoms with Gasteiger partial charge in [-0.25, -0.2) is 4.39 Å². The number of benzene rings is 1. The van der Waals surface area contributed by atoms with E-state index < -0.39 is 0 Å². The molecule has 0 bridgehead atoms. The highest BCUT2D eigenvalue weighted by atomic mass is 79.9. The zero-order chi connectivity index (χ0) is 21.2. The summed E-state index contributed by atoms with van der Waals surface area (Å²) in [7, 11) is 0. The Bertz CT molecular complexity index is 688. The first-order valence-corrected chi connectivity index (χ1v) is 10.4. The fourth-order valence-corrected chi connectivity index (χ4v) is 3.75. The smallest absolute Gasteiger partial charge is 0.293 e. The van der Waals surface area contributed by atoms with Crippen molar-refractivity contribution < 1.29 is 13.9 Å². The number of nitrogens with zero attached hydrogens (tertiary/aromatic N) is 2. The minimum absolute atomic E-state index is 0.211. The van der Waals surface area contributed by atoms with Gasteiger partial charge in [-0.05, 0) is 96.6 Å². The van der Waals surface area contributed by atoms with Crippen LogP contribution in [0.3, 0.4) is 0 Å². The number of rotatable bonds is 5. The minimum atomic E-state index is -0.340. The van der Waals surface area contributed by atoms with E-state index in [0.717, 1.165) is 25.9 Å². The van der Waals surface area contributed by atoms with Gasteiger partial charge in [-0.2, -0.15) is 10.4 Å². The zero-order valence-corrected chi connectivity index (χ0v) is 19.3. The van der Waals surface area contributed by atoms with Crippen molar-refractivity contribution in [1.29, 1.82) is 5.26 Å². The van der Waals surface area contributed by atoms with Crippen LogP contribution >= 0.6 is 31.9 Å². The van der Waals surface area contributed by atoms with Crippen LogP contribution in [0.5, 0.6) is 0 Å². The predicted octanol–water partition coefficient (Wildman–Crippen LogP) is 4.85. The Morgan fingerprint density at radius 2 is 1.93 bits per heavy atom. The van der Waals surface area contributed by atoms with Gasteiger partial charge in [-0.3, -0.25) is 10.2 Å². The highest BCUT2D eigenvalue weighted by Gasteiger charge is 2.21. The standard InChI is InChI=1S/C14H15Br2FN4.C5H10O2/c15-12-5-11(17)6-13(16)14(12)21-20-8-10(7-18)9-1-3-19-4-2-9;1-5(2,3)7-4-6/h5-6,8-10,19,21H,1-4H2;4H,1-3H3. The molecule has 0 amide bonds. The first-order chi connectivity index (χ1) is 13.2. The molecule has 2 rings (SSSR count). The lowest BCUT2D eigenvalue weighted by molar-refractivity contribution is -0.138. The molecule has 0 saturated carbocycles. The van der Waals surface area contributed by atoms with Crippen molar-refractivity contribution >= 4 is 50.2 Å². The van der Waals surface area contributed by atoms with Crippen molar-refractivity contribution in [3.8, 4) is 6.07 Å². The molecule has 0 aromatic heterocycles. The number of carbonyl (C=O) groups is 1. The summed E-state index contributed by atoms with van der Waals surface area (Å²) in [5, 5.41) is 16.7. The van der Waals surface area contributed by atoms with Gasteiger partial charge < -0.3 is 10.1 Å². The third kappa shape index (κ3) is 9.13. The Hall–Kier alpha value is -1.50. The summed E-state index contributed by atoms with van der Waals surface area (Å²) in [5.41, 5.74) is 3.17. The highest BCUT2D eigenvalue weighted by Crippen LogP contribution is 2.32. The molecule has 2 N–H and O–H groups in total. The molecule has 0 radical (unpaired) electrons. The highest BCUT2D eigenvalue weighted by molar-refractivity contribution is 9.11. The van der Waals surface area contributed by atoms with E-state index in [1.165, 1.54) is 12.1 Å². The number of hydrogen-bond donors (Lipinski definition) is 2. The zero-order valence-electron chi connectivity index (χ0n) is 16.1. The van der Waals surface area contributed by atoms with Crippen LogP contribution in [-0.4, -0.2) is 31.4 Å². The Morgan fingerprint density at radius 1 is 1.36 bits per heavy atom. The van der Waals surface area contributed by atoms with Crippen LogP contribution in [0.15, 0.2) is 26.2 Å². The average molecular weight is 520 g/mol. The number of nitrogens with one attached hydrogen (secondary N) is 2. The molecule has 154 valence electrons. The number of anilines is 1. The molecular formula is C19H25Br2FN4O2. The molecule has 28 heavy (non-hydrogen) atoms. The van der Waals surface area contributed by atoms with E-state index in [9.17, 15) is 14.4 Å². The van der Waals surface area contributed by atoms with Gasteiger partial charge in [0.15, 0.2) is 0 Å². The summed E-state index contributed by atoms with van der Waals surface area (Å²) in [6.45, 7) is 7.81. The number of hydrogen-bond acceptors (Lipinski definition) is 6. The quantitative estimate of drug-likeness (QED) is 0.330. The largest absolute Gasteiger partial charge is 0.462 e. The molecule has 1 aromatic carbocycles. The number of carbonyl (C=O) groups excluding carboxylic acids is 1. The Kier molecular flexibility index (Phi) is 10.6. The summed E-state index contributed by atoms with van der Waals surface area (Å²) in [6, 6.07) is 5.01. The van der Waals surface area contributed by atoms with Crippen molar-refractivity contribution in [2.24, 2.45) is 16.9 Å². The van der Waals surface area contributed by atoms with Crippen LogP contribution in [0, 0.1) is 29.0 Å². The molecular weight excluding hydrogens is 495 g/mol. The van der Waals surface area contributed by atoms with E-state index in [2.05, 4.69) is 58.5 Å². The summed E-state index contributed by atoms with van der Waals surface area (Å²) in [6.07, 6.45) is 3.60. The Balaban J connectivity index is 0.000000480. The van der Waals surface area contributed by atoms with E-state index in [1.54, 1.807) is 6.21 Å². The summed E-state index contributed by atoms with van der Waals surface area (Å²) < 4.78 is 18.9. The van der Waals surface area contributed by atoms with Crippen LogP contribution in [0.1, 0.15) is 33.6 Å². The Morgan fingerprint density at radius 3 is 2.36 bits per heavy atom. The maximum absolute atomic E-state index is 13.2. The van der Waals surface area contributed by atoms with Gasteiger partial charge in [-0.15, -0.1) is 0 Å². The lowest BCUT2D eigenvalue weighted by atomic mass is 9.86. The molecule has 1 aromatic rings. The molecule has 1 atom stereocenters. The minimum Gasteiger partial charge on any atom is -0.462 e. The van der Waals surface area contributed by atoms with E-state index >= 15 is 0 Å². The lowest BCUT2D eigenvalue weighted by Crippen LogP contribution is -2.31. The Labute approximate surface area is 182 Å². The van der Waals surface area contributed by atoms with Crippen LogP contribution < -0.4 is 10.7 Å². The van der Waals surface area contributed by atoms with E-state index in [4.69, 9.17) is 0 Å². The topological polar surface area (TPSA) is 86.5 Å². The van der Waals surface area contributed by atoms with Gasteiger partial charge in [0.2, 0.25) is 0 Å². The maximum Gasteiger partial charge on any atom is 0.293 e. The van der Waals surface area contributed by atoms with Crippen LogP contribution in [-0.2, 0) is 9.53 Å². The van der Waals surface area contributed by atoms with Crippen molar-refractivity contribution in [2.75, 3.05) is 18.5 Å². The average Bonchev–Trinajstić information content (AvgIpc) is 2.61. The van der Waals surface area contributed by atoms with Crippen molar-refractivity contribution in [2.45, 2.75) is 39.2 Å². The fourth-order valence-electron chi connectivity index (χ4n) is 2.44. The molecule has 1 heterocycles. The second-order valence-electron chi connectivity index (χ2n) is 7.20. The first-order valence-electron chi connectivity index (χ1n) is 8.83. The lowest BCUT2D eigenvalue weighted by Gasteiger charge is -2.24. The number of hydrazone groups is 1. The molecule has 9 heteroatoms. The van der Waals surface area contributed by atoms with Gasteiger partial charge in [0, 0.05) is 15.2 Å². The molecule has 1 aliphatic rings. The number of halogens is 3. The fraction of sp³-hybridized carbons (Fsp3) is 0.526. The van der Waals surface area contributed by atoms with Gasteiger partial charge >= 0.3 is 0 Å². The monoisotopic (exact) mass is 518 g/mol. The second-order valence-corrected chi connectivity index (χ2v) is 8.91. The van der Waals surface area contributed by atoms with E-state index in [1.807, 2.05) is 20.8 Å². The number of ether oxygens (including phenoxy) is 1. The summed E-state index contributed by atoms with van der Waals surface area (Å²) >= 11 is 6.56. The summed E-state index contributed by atoms with van der Waals surface area (Å²) in [4.78, 5) is 9.60. The van der Waals surface area contributed by atoms with Gasteiger partial charge in [-0.1, -0.05) is 0 Å². The molecule has 1 aliphatic heterocycles. The third-order valence-electron chi connectivity index (χ3n) is 3.86. The SMILES string of the molecule is CC(C)(C)OC=O.N#CC(C=NNc1c(Br)cc(F)cc1Br)C1CCNCC1. The first kappa shape index (κ1) is 24.5. The molecule has 1 saturated heterocycles. The molecule has 1 unspecified atom stereocenters. The number of nitriles is 1. The van der Waals surface area contributed by atoms with Gasteiger partial charge in [0.05, 0.1) is 17.7 Å². The van der Waals surface area contributed by atoms with Crippen molar-refractivity contribution in [3.05, 3.63) is 26.9 Å². The second kappa shape index (κ2) is 12.1. The van der Waals surface area contributed by atoms with Crippen LogP contribution in [0.2, 0.25) is 0 Å². The maximum atomic E-state index is 13.2. The normalized spacial score (nSPS) is 15.9. The van der Waals surface area contributed by atoms with Crippen molar-refractivity contribution in [3.63, 3.8) is 0 Å². The number of piperidine rings is 1. The van der Waals surface area contributed by atoms with Crippen molar-refractivity contribution in [1.82, 2.24) is 5.32 Å². The summed E-state index contributed by atoms with van der Waals surface area (Å²) in [5.74, 6) is -0.215. The van der Waals surface area contributed by atoms with Crippen LogP contribution in [0.4, 0.5) is 10.1 Å².